The van der Waals surface area contributed by atoms with Crippen molar-refractivity contribution < 1.29 is 9.47 Å². The van der Waals surface area contributed by atoms with Gasteiger partial charge in [0.05, 0.1) is 5.52 Å². The molecule has 3 nitrogen and oxygen atoms in total. The molecule has 0 saturated heterocycles. The second-order valence-corrected chi connectivity index (χ2v) is 5.05. The molecule has 0 atom stereocenters. The Bertz CT molecular complexity index is 832. The van der Waals surface area contributed by atoms with Crippen LogP contribution in [0.1, 0.15) is 5.56 Å². The van der Waals surface area contributed by atoms with Gasteiger partial charge in [-0.15, -0.1) is 0 Å². The monoisotopic (exact) mass is 249 g/mol. The molecule has 0 unspecified atom stereocenters. The largest absolute Gasteiger partial charge is 0.454 e. The van der Waals surface area contributed by atoms with Crippen LogP contribution in [0.15, 0.2) is 42.6 Å². The van der Waals surface area contributed by atoms with E-state index >= 15 is 0 Å². The highest BCUT2D eigenvalue weighted by Crippen LogP contribution is 2.43. The average molecular weight is 249 g/mol. The first kappa shape index (κ1) is 9.50. The third-order valence-electron chi connectivity index (χ3n) is 4.02. The summed E-state index contributed by atoms with van der Waals surface area (Å²) in [5, 5.41) is 1.29. The van der Waals surface area contributed by atoms with E-state index < -0.39 is 0 Å². The van der Waals surface area contributed by atoms with Crippen LogP contribution in [-0.2, 0) is 6.54 Å². The summed E-state index contributed by atoms with van der Waals surface area (Å²) < 4.78 is 13.3. The van der Waals surface area contributed by atoms with E-state index in [-0.39, 0.29) is 0 Å². The molecule has 0 amide bonds. The number of rotatable bonds is 0. The summed E-state index contributed by atoms with van der Waals surface area (Å²) in [5.74, 6) is 1.72. The molecule has 0 saturated carbocycles. The van der Waals surface area contributed by atoms with Crippen LogP contribution in [0.3, 0.4) is 0 Å². The lowest BCUT2D eigenvalue weighted by atomic mass is 9.94. The molecule has 1 aromatic heterocycles. The lowest BCUT2D eigenvalue weighted by Crippen LogP contribution is -2.06. The number of aromatic nitrogens is 1. The molecule has 19 heavy (non-hydrogen) atoms. The highest BCUT2D eigenvalue weighted by Gasteiger charge is 2.23. The lowest BCUT2D eigenvalue weighted by molar-refractivity contribution is 0.174. The Morgan fingerprint density at radius 3 is 2.79 bits per heavy atom. The van der Waals surface area contributed by atoms with Gasteiger partial charge >= 0.3 is 0 Å². The van der Waals surface area contributed by atoms with Gasteiger partial charge in [-0.1, -0.05) is 18.2 Å². The Hall–Kier alpha value is -2.42. The zero-order valence-electron chi connectivity index (χ0n) is 10.2. The van der Waals surface area contributed by atoms with Gasteiger partial charge in [-0.3, -0.25) is 0 Å². The van der Waals surface area contributed by atoms with E-state index in [0.29, 0.717) is 6.79 Å². The molecule has 3 aromatic rings. The summed E-state index contributed by atoms with van der Waals surface area (Å²) in [6, 6.07) is 12.8. The molecular formula is C16H11NO2. The van der Waals surface area contributed by atoms with Gasteiger partial charge in [-0.25, -0.2) is 0 Å². The molecule has 0 radical (unpaired) electrons. The van der Waals surface area contributed by atoms with Crippen LogP contribution in [0, 0.1) is 0 Å². The summed E-state index contributed by atoms with van der Waals surface area (Å²) in [4.78, 5) is 0. The predicted molar refractivity (Wildman–Crippen MR) is 72.6 cm³/mol. The van der Waals surface area contributed by atoms with Crippen molar-refractivity contribution in [3.8, 4) is 22.6 Å². The van der Waals surface area contributed by atoms with E-state index in [2.05, 4.69) is 47.2 Å². The summed E-state index contributed by atoms with van der Waals surface area (Å²) in [7, 11) is 0. The molecule has 5 rings (SSSR count). The summed E-state index contributed by atoms with van der Waals surface area (Å²) >= 11 is 0. The highest BCUT2D eigenvalue weighted by atomic mass is 16.7. The Labute approximate surface area is 110 Å². The highest BCUT2D eigenvalue weighted by molar-refractivity contribution is 5.97. The third kappa shape index (κ3) is 1.12. The molecule has 2 aliphatic rings. The smallest absolute Gasteiger partial charge is 0.231 e. The minimum absolute atomic E-state index is 0.328. The standard InChI is InChI=1S/C16H11NO2/c1-2-10-4-5-17-8-11-6-14-15(19-9-18-14)7-13(11)12(3-1)16(10)17/h1-7H,8-9H2. The Kier molecular flexibility index (Phi) is 1.56. The quantitative estimate of drug-likeness (QED) is 0.477. The molecule has 3 heterocycles. The van der Waals surface area contributed by atoms with Crippen molar-refractivity contribution in [1.82, 2.24) is 4.57 Å². The first-order chi connectivity index (χ1) is 9.40. The van der Waals surface area contributed by atoms with Crippen LogP contribution < -0.4 is 9.47 Å². The fourth-order valence-electron chi connectivity index (χ4n) is 3.16. The molecule has 0 spiro atoms. The van der Waals surface area contributed by atoms with Crippen molar-refractivity contribution in [3.05, 3.63) is 48.2 Å². The van der Waals surface area contributed by atoms with Gasteiger partial charge in [0.2, 0.25) is 6.79 Å². The molecule has 2 aromatic carbocycles. The fraction of sp³-hybridized carbons (Fsp3) is 0.125. The van der Waals surface area contributed by atoms with Crippen molar-refractivity contribution in [1.29, 1.82) is 0 Å². The number of fused-ring (bicyclic) bond motifs is 3. The number of hydrogen-bond acceptors (Lipinski definition) is 2. The van der Waals surface area contributed by atoms with Crippen LogP contribution in [0.25, 0.3) is 22.0 Å². The van der Waals surface area contributed by atoms with Crippen molar-refractivity contribution in [2.45, 2.75) is 6.54 Å². The molecule has 3 heteroatoms. The molecule has 0 fully saturated rings. The molecule has 2 aliphatic heterocycles. The second-order valence-electron chi connectivity index (χ2n) is 5.05. The molecule has 0 bridgehead atoms. The summed E-state index contributed by atoms with van der Waals surface area (Å²) in [6.07, 6.45) is 2.15. The molecule has 0 aliphatic carbocycles. The number of ether oxygens (including phenoxy) is 2. The maximum Gasteiger partial charge on any atom is 0.231 e. The van der Waals surface area contributed by atoms with Gasteiger partial charge in [-0.2, -0.15) is 0 Å². The van der Waals surface area contributed by atoms with Gasteiger partial charge in [0.15, 0.2) is 11.5 Å². The van der Waals surface area contributed by atoms with Crippen molar-refractivity contribution >= 4 is 10.9 Å². The van der Waals surface area contributed by atoms with Gasteiger partial charge in [-0.05, 0) is 29.3 Å². The van der Waals surface area contributed by atoms with Crippen LogP contribution in [0.4, 0.5) is 0 Å². The summed E-state index contributed by atoms with van der Waals surface area (Å²) in [5.41, 5.74) is 5.15. The van der Waals surface area contributed by atoms with Crippen molar-refractivity contribution in [2.75, 3.05) is 6.79 Å². The minimum atomic E-state index is 0.328. The lowest BCUT2D eigenvalue weighted by Gasteiger charge is -2.20. The normalized spacial score (nSPS) is 14.7. The van der Waals surface area contributed by atoms with Gasteiger partial charge in [0, 0.05) is 23.7 Å². The molecule has 0 N–H and O–H groups in total. The maximum absolute atomic E-state index is 5.50. The van der Waals surface area contributed by atoms with E-state index in [1.807, 2.05) is 0 Å². The average Bonchev–Trinajstić information content (AvgIpc) is 3.05. The van der Waals surface area contributed by atoms with Crippen molar-refractivity contribution in [3.63, 3.8) is 0 Å². The fourth-order valence-corrected chi connectivity index (χ4v) is 3.16. The predicted octanol–water partition coefficient (Wildman–Crippen LogP) is 3.40. The van der Waals surface area contributed by atoms with E-state index in [1.54, 1.807) is 0 Å². The minimum Gasteiger partial charge on any atom is -0.454 e. The first-order valence-corrected chi connectivity index (χ1v) is 6.41. The van der Waals surface area contributed by atoms with E-state index in [9.17, 15) is 0 Å². The Balaban J connectivity index is 1.90. The number of hydrogen-bond donors (Lipinski definition) is 0. The van der Waals surface area contributed by atoms with Gasteiger partial charge in [0.1, 0.15) is 0 Å². The number of para-hydroxylation sites is 1. The first-order valence-electron chi connectivity index (χ1n) is 6.41. The number of benzene rings is 2. The van der Waals surface area contributed by atoms with Crippen molar-refractivity contribution in [2.24, 2.45) is 0 Å². The SMILES string of the molecule is c1cc2c3c(c1)ccn3Cc1cc3c(cc1-2)OCO3. The maximum atomic E-state index is 5.50. The zero-order valence-corrected chi connectivity index (χ0v) is 10.2. The second kappa shape index (κ2) is 3.12. The third-order valence-corrected chi connectivity index (χ3v) is 4.02. The van der Waals surface area contributed by atoms with E-state index in [4.69, 9.17) is 9.47 Å². The zero-order chi connectivity index (χ0) is 12.4. The van der Waals surface area contributed by atoms with Crippen LogP contribution in [0.2, 0.25) is 0 Å². The van der Waals surface area contributed by atoms with Crippen LogP contribution in [0.5, 0.6) is 11.5 Å². The Morgan fingerprint density at radius 2 is 1.84 bits per heavy atom. The van der Waals surface area contributed by atoms with Gasteiger partial charge < -0.3 is 14.0 Å². The van der Waals surface area contributed by atoms with E-state index in [0.717, 1.165) is 18.0 Å². The molecular weight excluding hydrogens is 238 g/mol. The van der Waals surface area contributed by atoms with Gasteiger partial charge in [0.25, 0.3) is 0 Å². The topological polar surface area (TPSA) is 23.4 Å². The Morgan fingerprint density at radius 1 is 0.947 bits per heavy atom. The van der Waals surface area contributed by atoms with Crippen LogP contribution >= 0.6 is 0 Å². The van der Waals surface area contributed by atoms with E-state index in [1.165, 1.54) is 27.6 Å². The van der Waals surface area contributed by atoms with Crippen LogP contribution in [-0.4, -0.2) is 11.4 Å². The summed E-state index contributed by atoms with van der Waals surface area (Å²) in [6.45, 7) is 1.22. The molecule has 92 valence electrons. The number of nitrogens with zero attached hydrogens (tertiary/aromatic N) is 1.